The van der Waals surface area contributed by atoms with Crippen LogP contribution < -0.4 is 0 Å². The summed E-state index contributed by atoms with van der Waals surface area (Å²) in [5, 5.41) is -0.406. The van der Waals surface area contributed by atoms with Gasteiger partial charge in [-0.3, -0.25) is 4.79 Å². The van der Waals surface area contributed by atoms with Crippen molar-refractivity contribution < 1.29 is 4.79 Å². The molecule has 2 aromatic carbocycles. The van der Waals surface area contributed by atoms with E-state index in [0.717, 1.165) is 32.4 Å². The number of carbonyl (C=O) groups excluding carboxylic acids is 1. The number of aryl methyl sites for hydroxylation is 1. The Labute approximate surface area is 149 Å². The Morgan fingerprint density at radius 3 is 2.21 bits per heavy atom. The zero-order chi connectivity index (χ0) is 16.8. The van der Waals surface area contributed by atoms with Crippen molar-refractivity contribution in [2.45, 2.75) is 37.5 Å². The number of benzene rings is 2. The van der Waals surface area contributed by atoms with Gasteiger partial charge < -0.3 is 4.90 Å². The van der Waals surface area contributed by atoms with E-state index in [1.54, 1.807) is 0 Å². The van der Waals surface area contributed by atoms with Crippen LogP contribution in [0.15, 0.2) is 54.6 Å². The average molecular weight is 342 g/mol. The molecule has 0 spiro atoms. The molecule has 0 aliphatic carbocycles. The number of hydrogen-bond acceptors (Lipinski definition) is 1. The van der Waals surface area contributed by atoms with Crippen LogP contribution in [-0.4, -0.2) is 29.3 Å². The van der Waals surface area contributed by atoms with E-state index in [1.807, 2.05) is 23.1 Å². The molecular weight excluding hydrogens is 318 g/mol. The monoisotopic (exact) mass is 341 g/mol. The van der Waals surface area contributed by atoms with Crippen LogP contribution in [0.3, 0.4) is 0 Å². The molecule has 0 radical (unpaired) electrons. The standard InChI is InChI=1S/C21H24ClNO/c22-20(21(24)23-15-5-2-6-16-23)14-11-17-9-12-19(13-10-17)18-7-3-1-4-8-18/h1,3-4,7-10,12-13,20H,2,5-6,11,14-16H2. The molecule has 0 aromatic heterocycles. The maximum atomic E-state index is 12.4. The van der Waals surface area contributed by atoms with Gasteiger partial charge in [0.25, 0.3) is 0 Å². The highest BCUT2D eigenvalue weighted by Gasteiger charge is 2.23. The summed E-state index contributed by atoms with van der Waals surface area (Å²) >= 11 is 6.35. The highest BCUT2D eigenvalue weighted by atomic mass is 35.5. The SMILES string of the molecule is O=C(C(Cl)CCc1ccc(-c2ccccc2)cc1)N1CCCCC1. The maximum Gasteiger partial charge on any atom is 0.240 e. The smallest absolute Gasteiger partial charge is 0.240 e. The van der Waals surface area contributed by atoms with Gasteiger partial charge in [0.05, 0.1) is 0 Å². The van der Waals surface area contributed by atoms with Crippen molar-refractivity contribution in [1.29, 1.82) is 0 Å². The number of amides is 1. The van der Waals surface area contributed by atoms with Crippen LogP contribution in [0.1, 0.15) is 31.2 Å². The molecule has 1 heterocycles. The first kappa shape index (κ1) is 17.0. The van der Waals surface area contributed by atoms with E-state index in [-0.39, 0.29) is 5.91 Å². The number of likely N-dealkylation sites (tertiary alicyclic amines) is 1. The first-order valence-electron chi connectivity index (χ1n) is 8.81. The largest absolute Gasteiger partial charge is 0.341 e. The Kier molecular flexibility index (Phi) is 5.92. The molecule has 126 valence electrons. The van der Waals surface area contributed by atoms with Gasteiger partial charge in [0, 0.05) is 13.1 Å². The first-order valence-corrected chi connectivity index (χ1v) is 9.25. The van der Waals surface area contributed by atoms with E-state index < -0.39 is 5.38 Å². The molecule has 1 aliphatic heterocycles. The zero-order valence-electron chi connectivity index (χ0n) is 14.0. The van der Waals surface area contributed by atoms with E-state index in [9.17, 15) is 4.79 Å². The summed E-state index contributed by atoms with van der Waals surface area (Å²) in [6.07, 6.45) is 4.97. The van der Waals surface area contributed by atoms with Crippen molar-refractivity contribution >= 4 is 17.5 Å². The third-order valence-corrected chi connectivity index (χ3v) is 5.09. The summed E-state index contributed by atoms with van der Waals surface area (Å²) in [6.45, 7) is 1.74. The van der Waals surface area contributed by atoms with Crippen LogP contribution in [0, 0.1) is 0 Å². The van der Waals surface area contributed by atoms with E-state index in [2.05, 4.69) is 36.4 Å². The van der Waals surface area contributed by atoms with Gasteiger partial charge in [-0.05, 0) is 48.8 Å². The second kappa shape index (κ2) is 8.34. The lowest BCUT2D eigenvalue weighted by Crippen LogP contribution is -2.40. The highest BCUT2D eigenvalue weighted by Crippen LogP contribution is 2.21. The lowest BCUT2D eigenvalue weighted by atomic mass is 10.0. The Hall–Kier alpha value is -1.80. The third kappa shape index (κ3) is 4.39. The fraction of sp³-hybridized carbons (Fsp3) is 0.381. The van der Waals surface area contributed by atoms with Crippen molar-refractivity contribution in [2.24, 2.45) is 0 Å². The second-order valence-corrected chi connectivity index (χ2v) is 6.98. The number of carbonyl (C=O) groups is 1. The van der Waals surface area contributed by atoms with E-state index in [4.69, 9.17) is 11.6 Å². The average Bonchev–Trinajstić information content (AvgIpc) is 2.67. The molecule has 3 rings (SSSR count). The Morgan fingerprint density at radius 2 is 1.54 bits per heavy atom. The molecule has 2 nitrogen and oxygen atoms in total. The molecule has 1 atom stereocenters. The number of halogens is 1. The highest BCUT2D eigenvalue weighted by molar-refractivity contribution is 6.30. The van der Waals surface area contributed by atoms with Crippen LogP contribution in [0.25, 0.3) is 11.1 Å². The molecule has 1 amide bonds. The minimum absolute atomic E-state index is 0.109. The summed E-state index contributed by atoms with van der Waals surface area (Å²) in [4.78, 5) is 14.3. The summed E-state index contributed by atoms with van der Waals surface area (Å²) in [5.74, 6) is 0.109. The third-order valence-electron chi connectivity index (χ3n) is 4.68. The molecule has 1 fully saturated rings. The molecule has 0 bridgehead atoms. The fourth-order valence-corrected chi connectivity index (χ4v) is 3.47. The van der Waals surface area contributed by atoms with Crippen molar-refractivity contribution in [3.05, 3.63) is 60.2 Å². The minimum atomic E-state index is -0.406. The minimum Gasteiger partial charge on any atom is -0.341 e. The predicted molar refractivity (Wildman–Crippen MR) is 100 cm³/mol. The van der Waals surface area contributed by atoms with Gasteiger partial charge in [0.1, 0.15) is 5.38 Å². The Balaban J connectivity index is 1.53. The van der Waals surface area contributed by atoms with Gasteiger partial charge in [-0.15, -0.1) is 11.6 Å². The Bertz CT molecular complexity index is 647. The summed E-state index contributed by atoms with van der Waals surface area (Å²) in [6, 6.07) is 18.9. The molecule has 0 saturated carbocycles. The van der Waals surface area contributed by atoms with Gasteiger partial charge >= 0.3 is 0 Å². The van der Waals surface area contributed by atoms with Gasteiger partial charge in [0.2, 0.25) is 5.91 Å². The van der Waals surface area contributed by atoms with Crippen molar-refractivity contribution in [1.82, 2.24) is 4.90 Å². The van der Waals surface area contributed by atoms with Crippen molar-refractivity contribution in [3.8, 4) is 11.1 Å². The molecule has 24 heavy (non-hydrogen) atoms. The summed E-state index contributed by atoms with van der Waals surface area (Å²) < 4.78 is 0. The van der Waals surface area contributed by atoms with Gasteiger partial charge in [-0.2, -0.15) is 0 Å². The quantitative estimate of drug-likeness (QED) is 0.708. The lowest BCUT2D eigenvalue weighted by Gasteiger charge is -2.28. The molecule has 1 saturated heterocycles. The summed E-state index contributed by atoms with van der Waals surface area (Å²) in [5.41, 5.74) is 3.66. The normalized spacial score (nSPS) is 16.0. The fourth-order valence-electron chi connectivity index (χ4n) is 3.22. The van der Waals surface area contributed by atoms with Crippen LogP contribution >= 0.6 is 11.6 Å². The van der Waals surface area contributed by atoms with Crippen LogP contribution in [0.4, 0.5) is 0 Å². The number of nitrogens with zero attached hydrogens (tertiary/aromatic N) is 1. The maximum absolute atomic E-state index is 12.4. The van der Waals surface area contributed by atoms with Crippen LogP contribution in [0.5, 0.6) is 0 Å². The number of piperidine rings is 1. The van der Waals surface area contributed by atoms with E-state index in [1.165, 1.54) is 23.1 Å². The Morgan fingerprint density at radius 1 is 0.917 bits per heavy atom. The number of hydrogen-bond donors (Lipinski definition) is 0. The van der Waals surface area contributed by atoms with Crippen LogP contribution in [0.2, 0.25) is 0 Å². The molecule has 2 aromatic rings. The summed E-state index contributed by atoms with van der Waals surface area (Å²) in [7, 11) is 0. The molecule has 1 unspecified atom stereocenters. The number of alkyl halides is 1. The van der Waals surface area contributed by atoms with Gasteiger partial charge in [-0.25, -0.2) is 0 Å². The van der Waals surface area contributed by atoms with Gasteiger partial charge in [-0.1, -0.05) is 54.6 Å². The molecule has 1 aliphatic rings. The van der Waals surface area contributed by atoms with Crippen molar-refractivity contribution in [2.75, 3.05) is 13.1 Å². The van der Waals surface area contributed by atoms with Gasteiger partial charge in [0.15, 0.2) is 0 Å². The number of rotatable bonds is 5. The first-order chi connectivity index (χ1) is 11.7. The predicted octanol–water partition coefficient (Wildman–Crippen LogP) is 4.91. The van der Waals surface area contributed by atoms with Crippen molar-refractivity contribution in [3.63, 3.8) is 0 Å². The molecule has 3 heteroatoms. The van der Waals surface area contributed by atoms with E-state index >= 15 is 0 Å². The van der Waals surface area contributed by atoms with Crippen LogP contribution in [-0.2, 0) is 11.2 Å². The second-order valence-electron chi connectivity index (χ2n) is 6.46. The topological polar surface area (TPSA) is 20.3 Å². The molecule has 0 N–H and O–H groups in total. The lowest BCUT2D eigenvalue weighted by molar-refractivity contribution is -0.131. The molecular formula is C21H24ClNO. The zero-order valence-corrected chi connectivity index (χ0v) is 14.7. The van der Waals surface area contributed by atoms with E-state index in [0.29, 0.717) is 6.42 Å².